The monoisotopic (exact) mass is 596 g/mol. The molecule has 1 nitrogen and oxygen atoms in total. The molecule has 0 fully saturated rings. The van der Waals surface area contributed by atoms with E-state index in [4.69, 9.17) is 4.98 Å². The van der Waals surface area contributed by atoms with Crippen molar-refractivity contribution in [1.82, 2.24) is 4.98 Å². The van der Waals surface area contributed by atoms with Crippen LogP contribution < -0.4 is 4.40 Å². The number of hydrogen-bond acceptors (Lipinski definition) is 2. The second-order valence-corrected chi connectivity index (χ2v) is 23.1. The molecule has 7 aromatic rings. The summed E-state index contributed by atoms with van der Waals surface area (Å²) < 4.78 is 14.3. The summed E-state index contributed by atoms with van der Waals surface area (Å²) in [6, 6.07) is 42.6. The first-order chi connectivity index (χ1) is 19.8. The van der Waals surface area contributed by atoms with Crippen molar-refractivity contribution in [1.29, 1.82) is 0 Å². The molecule has 0 aliphatic heterocycles. The number of rotatable bonds is 5. The fraction of sp³-hybridized carbons (Fsp3) is 0.108. The van der Waals surface area contributed by atoms with E-state index in [1.807, 2.05) is 41.8 Å². The second-order valence-electron chi connectivity index (χ2n) is 11.4. The average Bonchev–Trinajstić information content (AvgIpc) is 3.39. The van der Waals surface area contributed by atoms with E-state index in [1.165, 1.54) is 30.0 Å². The van der Waals surface area contributed by atoms with Gasteiger partial charge < -0.3 is 0 Å². The first-order valence-corrected chi connectivity index (χ1v) is 22.0. The van der Waals surface area contributed by atoms with Crippen molar-refractivity contribution >= 4 is 59.9 Å². The number of aromatic nitrogens is 1. The van der Waals surface area contributed by atoms with Gasteiger partial charge in [0.15, 0.2) is 0 Å². The fourth-order valence-electron chi connectivity index (χ4n) is 5.84. The molecule has 0 aliphatic rings. The maximum atomic E-state index is 10.1. The van der Waals surface area contributed by atoms with Crippen molar-refractivity contribution in [2.45, 2.75) is 23.2 Å². The molecule has 0 amide bonds. The predicted molar refractivity (Wildman–Crippen MR) is 177 cm³/mol. The average molecular weight is 595 g/mol. The molecular formula is C37H31GeNS. The summed E-state index contributed by atoms with van der Waals surface area (Å²) in [6.07, 6.45) is 1.88. The van der Waals surface area contributed by atoms with Gasteiger partial charge in [-0.05, 0) is 0 Å². The van der Waals surface area contributed by atoms with Crippen LogP contribution in [0.15, 0.2) is 128 Å². The number of pyridine rings is 1. The molecule has 0 radical (unpaired) electrons. The zero-order valence-electron chi connectivity index (χ0n) is 24.0. The van der Waals surface area contributed by atoms with E-state index >= 15 is 0 Å². The molecule has 2 aromatic heterocycles. The molecule has 1 atom stereocenters. The molecule has 40 heavy (non-hydrogen) atoms. The van der Waals surface area contributed by atoms with E-state index in [2.05, 4.69) is 114 Å². The van der Waals surface area contributed by atoms with Gasteiger partial charge in [0.2, 0.25) is 0 Å². The van der Waals surface area contributed by atoms with Crippen molar-refractivity contribution in [2.75, 3.05) is 0 Å². The quantitative estimate of drug-likeness (QED) is 0.181. The number of hydrogen-bond donors (Lipinski definition) is 0. The van der Waals surface area contributed by atoms with Gasteiger partial charge in [-0.1, -0.05) is 18.2 Å². The fourth-order valence-corrected chi connectivity index (χ4v) is 10.6. The Morgan fingerprint density at radius 2 is 1.40 bits per heavy atom. The van der Waals surface area contributed by atoms with Crippen LogP contribution in [0.3, 0.4) is 0 Å². The first-order valence-electron chi connectivity index (χ1n) is 14.3. The molecule has 2 heterocycles. The van der Waals surface area contributed by atoms with Gasteiger partial charge in [-0.3, -0.25) is 0 Å². The van der Waals surface area contributed by atoms with Gasteiger partial charge in [-0.25, -0.2) is 0 Å². The van der Waals surface area contributed by atoms with E-state index < -0.39 is 19.2 Å². The molecule has 0 bridgehead atoms. The summed E-state index contributed by atoms with van der Waals surface area (Å²) >= 11 is -0.296. The third-order valence-electron chi connectivity index (χ3n) is 7.76. The molecule has 1 unspecified atom stereocenters. The summed E-state index contributed by atoms with van der Waals surface area (Å²) in [6.45, 7) is 0. The van der Waals surface area contributed by atoms with Gasteiger partial charge >= 0.3 is 227 Å². The Kier molecular flexibility index (Phi) is 6.04. The van der Waals surface area contributed by atoms with Crippen LogP contribution in [0.1, 0.15) is 24.0 Å². The second kappa shape index (κ2) is 10.0. The van der Waals surface area contributed by atoms with Crippen LogP contribution in [0.25, 0.3) is 42.2 Å². The van der Waals surface area contributed by atoms with Crippen LogP contribution in [0.5, 0.6) is 0 Å². The van der Waals surface area contributed by atoms with Gasteiger partial charge in [0, 0.05) is 0 Å². The number of benzene rings is 5. The SMILES string of the molecule is [2H]C(c1ccccc1)(c1ccnc(-c2cc[c]([Ge]([CH3])([CH3])[CH3])c3c2sc2ccccc23)c1)c1ccc2ccccc2c1. The van der Waals surface area contributed by atoms with Crippen molar-refractivity contribution in [3.8, 4) is 11.3 Å². The number of thiophene rings is 1. The molecular weight excluding hydrogens is 563 g/mol. The first kappa shape index (κ1) is 24.1. The zero-order chi connectivity index (χ0) is 28.2. The van der Waals surface area contributed by atoms with Crippen molar-refractivity contribution in [3.05, 3.63) is 144 Å². The summed E-state index contributed by atoms with van der Waals surface area (Å²) in [5.74, 6) is 6.32. The van der Waals surface area contributed by atoms with E-state index in [9.17, 15) is 1.37 Å². The van der Waals surface area contributed by atoms with E-state index in [1.54, 1.807) is 0 Å². The van der Waals surface area contributed by atoms with Crippen molar-refractivity contribution in [2.24, 2.45) is 0 Å². The predicted octanol–water partition coefficient (Wildman–Crippen LogP) is 10.00. The van der Waals surface area contributed by atoms with Crippen LogP contribution in [0, 0.1) is 0 Å². The molecule has 3 heteroatoms. The third kappa shape index (κ3) is 4.46. The zero-order valence-corrected chi connectivity index (χ0v) is 25.9. The molecule has 0 spiro atoms. The van der Waals surface area contributed by atoms with E-state index in [0.717, 1.165) is 33.3 Å². The minimum atomic E-state index is -2.16. The molecule has 7 rings (SSSR count). The Hall–Kier alpha value is -3.73. The summed E-state index contributed by atoms with van der Waals surface area (Å²) in [4.78, 5) is 4.91. The summed E-state index contributed by atoms with van der Waals surface area (Å²) in [5, 5.41) is 5.06. The van der Waals surface area contributed by atoms with Crippen LogP contribution in [-0.2, 0) is 0 Å². The van der Waals surface area contributed by atoms with Crippen LogP contribution >= 0.6 is 11.3 Å². The Bertz CT molecular complexity index is 2060. The summed E-state index contributed by atoms with van der Waals surface area (Å²) in [7, 11) is 0. The number of fused-ring (bicyclic) bond motifs is 4. The van der Waals surface area contributed by atoms with Crippen molar-refractivity contribution < 1.29 is 1.37 Å². The van der Waals surface area contributed by atoms with Gasteiger partial charge in [-0.15, -0.1) is 0 Å². The Labute approximate surface area is 243 Å². The normalized spacial score (nSPS) is 13.9. The topological polar surface area (TPSA) is 12.9 Å². The maximum absolute atomic E-state index is 10.1. The van der Waals surface area contributed by atoms with Crippen molar-refractivity contribution in [3.63, 3.8) is 0 Å². The molecule has 5 aromatic carbocycles. The third-order valence-corrected chi connectivity index (χ3v) is 13.2. The van der Waals surface area contributed by atoms with Crippen LogP contribution in [0.4, 0.5) is 0 Å². The Balaban J connectivity index is 1.47. The van der Waals surface area contributed by atoms with Gasteiger partial charge in [-0.2, -0.15) is 0 Å². The Morgan fingerprint density at radius 3 is 2.23 bits per heavy atom. The van der Waals surface area contributed by atoms with E-state index in [-0.39, 0.29) is 0 Å². The Morgan fingerprint density at radius 1 is 0.675 bits per heavy atom. The molecule has 0 aliphatic carbocycles. The standard InChI is InChI=1S/C37H31GeNS/c1-38(2,3)32-20-19-30(37-36(32)31-15-9-10-16-34(31)40-37)33-24-29(21-22-39-33)35(26-12-5-4-6-13-26)28-18-17-25-11-7-8-14-27(25)23-28/h4-24,35H,1-3H3/i35D. The molecule has 194 valence electrons. The molecule has 0 N–H and O–H groups in total. The van der Waals surface area contributed by atoms with Gasteiger partial charge in [0.1, 0.15) is 0 Å². The summed E-state index contributed by atoms with van der Waals surface area (Å²) in [5.41, 5.74) is 4.86. The van der Waals surface area contributed by atoms with Gasteiger partial charge in [0.25, 0.3) is 0 Å². The molecule has 0 saturated carbocycles. The van der Waals surface area contributed by atoms with Crippen LogP contribution in [0.2, 0.25) is 17.3 Å². The molecule has 0 saturated heterocycles. The number of nitrogens with zero attached hydrogens (tertiary/aromatic N) is 1. The van der Waals surface area contributed by atoms with E-state index in [0.29, 0.717) is 0 Å². The minimum absolute atomic E-state index is 0.913. The van der Waals surface area contributed by atoms with Crippen LogP contribution in [-0.4, -0.2) is 18.3 Å². The van der Waals surface area contributed by atoms with Gasteiger partial charge in [0.05, 0.1) is 0 Å².